The van der Waals surface area contributed by atoms with Gasteiger partial charge in [-0.3, -0.25) is 9.59 Å². The second-order valence-electron chi connectivity index (χ2n) is 6.67. The molecule has 1 unspecified atom stereocenters. The third kappa shape index (κ3) is 9.70. The molecule has 160 valence electrons. The number of esters is 1. The molecule has 1 aliphatic rings. The van der Waals surface area contributed by atoms with E-state index in [1.165, 1.54) is 0 Å². The predicted molar refractivity (Wildman–Crippen MR) is 105 cm³/mol. The van der Waals surface area contributed by atoms with Crippen molar-refractivity contribution < 1.29 is 34.1 Å². The Morgan fingerprint density at radius 2 is 1.90 bits per heavy atom. The third-order valence-corrected chi connectivity index (χ3v) is 4.27. The second kappa shape index (κ2) is 12.5. The number of hydrogen-bond acceptors (Lipinski definition) is 6. The number of carboxylic acids is 2. The number of nitrogens with zero attached hydrogens (tertiary/aromatic N) is 1. The molecule has 1 saturated heterocycles. The Bertz CT molecular complexity index is 709. The lowest BCUT2D eigenvalue weighted by molar-refractivity contribution is -0.159. The lowest BCUT2D eigenvalue weighted by Crippen LogP contribution is -2.40. The molecule has 0 bridgehead atoms. The molecular formula is C20H28N2O7. The third-order valence-electron chi connectivity index (χ3n) is 4.27. The standard InChI is InChI=1S/C18H26N2O3.C2H2O4/c1-3-23-18(22)15-7-5-10-20(13-15)11-9-17(21)19-16-8-4-6-14(2)12-16;3-1(4)2(5)6/h4,6,8,12,15H,3,5,7,9-11,13H2,1-2H3,(H,19,21);(H,3,4)(H,5,6). The van der Waals surface area contributed by atoms with Gasteiger partial charge in [0.1, 0.15) is 0 Å². The van der Waals surface area contributed by atoms with Crippen LogP contribution in [0.15, 0.2) is 24.3 Å². The first-order chi connectivity index (χ1) is 13.7. The van der Waals surface area contributed by atoms with E-state index in [0.717, 1.165) is 30.6 Å². The Labute approximate surface area is 169 Å². The molecule has 1 aliphatic heterocycles. The number of hydrogen-bond donors (Lipinski definition) is 3. The van der Waals surface area contributed by atoms with E-state index in [4.69, 9.17) is 24.5 Å². The fourth-order valence-electron chi connectivity index (χ4n) is 2.92. The van der Waals surface area contributed by atoms with Crippen LogP contribution in [0.3, 0.4) is 0 Å². The van der Waals surface area contributed by atoms with Crippen molar-refractivity contribution in [2.24, 2.45) is 5.92 Å². The number of benzene rings is 1. The molecule has 3 N–H and O–H groups in total. The summed E-state index contributed by atoms with van der Waals surface area (Å²) in [4.78, 5) is 44.3. The van der Waals surface area contributed by atoms with Crippen LogP contribution in [0.5, 0.6) is 0 Å². The largest absolute Gasteiger partial charge is 0.473 e. The monoisotopic (exact) mass is 408 g/mol. The van der Waals surface area contributed by atoms with Gasteiger partial charge in [0.2, 0.25) is 5.91 Å². The second-order valence-corrected chi connectivity index (χ2v) is 6.67. The van der Waals surface area contributed by atoms with Crippen molar-refractivity contribution >= 4 is 29.5 Å². The summed E-state index contributed by atoms with van der Waals surface area (Å²) >= 11 is 0. The quantitative estimate of drug-likeness (QED) is 0.479. The Balaban J connectivity index is 0.000000612. The number of aliphatic carboxylic acids is 2. The number of anilines is 1. The van der Waals surface area contributed by atoms with Crippen molar-refractivity contribution in [2.75, 3.05) is 31.6 Å². The number of ether oxygens (including phenoxy) is 1. The number of nitrogens with one attached hydrogen (secondary N) is 1. The fraction of sp³-hybridized carbons (Fsp3) is 0.500. The smallest absolute Gasteiger partial charge is 0.414 e. The van der Waals surface area contributed by atoms with Crippen LogP contribution in [0, 0.1) is 12.8 Å². The van der Waals surface area contributed by atoms with Gasteiger partial charge >= 0.3 is 17.9 Å². The lowest BCUT2D eigenvalue weighted by Gasteiger charge is -2.31. The average molecular weight is 408 g/mol. The first-order valence-electron chi connectivity index (χ1n) is 9.44. The maximum absolute atomic E-state index is 12.1. The van der Waals surface area contributed by atoms with Gasteiger partial charge in [-0.25, -0.2) is 9.59 Å². The summed E-state index contributed by atoms with van der Waals surface area (Å²) in [6.07, 6.45) is 2.29. The van der Waals surface area contributed by atoms with E-state index < -0.39 is 11.9 Å². The zero-order chi connectivity index (χ0) is 21.8. The summed E-state index contributed by atoms with van der Waals surface area (Å²) in [6.45, 7) is 6.55. The van der Waals surface area contributed by atoms with Crippen LogP contribution < -0.4 is 5.32 Å². The van der Waals surface area contributed by atoms with Gasteiger partial charge in [0.15, 0.2) is 0 Å². The van der Waals surface area contributed by atoms with Gasteiger partial charge in [-0.05, 0) is 50.9 Å². The van der Waals surface area contributed by atoms with E-state index in [-0.39, 0.29) is 17.8 Å². The highest BCUT2D eigenvalue weighted by atomic mass is 16.5. The molecule has 1 heterocycles. The fourth-order valence-corrected chi connectivity index (χ4v) is 2.92. The van der Waals surface area contributed by atoms with Crippen LogP contribution in [-0.4, -0.2) is 65.2 Å². The minimum absolute atomic E-state index is 0.00820. The predicted octanol–water partition coefficient (Wildman–Crippen LogP) is 1.75. The van der Waals surface area contributed by atoms with Gasteiger partial charge in [0.05, 0.1) is 12.5 Å². The Kier molecular flexibility index (Phi) is 10.4. The van der Waals surface area contributed by atoms with Crippen molar-refractivity contribution in [1.82, 2.24) is 4.90 Å². The van der Waals surface area contributed by atoms with Crippen LogP contribution in [0.2, 0.25) is 0 Å². The molecule has 2 rings (SSSR count). The minimum Gasteiger partial charge on any atom is -0.473 e. The zero-order valence-electron chi connectivity index (χ0n) is 16.7. The van der Waals surface area contributed by atoms with Gasteiger partial charge in [-0.2, -0.15) is 0 Å². The number of carbonyl (C=O) groups excluding carboxylic acids is 2. The molecule has 0 radical (unpaired) electrons. The number of amides is 1. The molecule has 1 aromatic rings. The number of likely N-dealkylation sites (tertiary alicyclic amines) is 1. The molecule has 0 spiro atoms. The summed E-state index contributed by atoms with van der Waals surface area (Å²) in [5.41, 5.74) is 1.95. The number of aryl methyl sites for hydroxylation is 1. The van der Waals surface area contributed by atoms with Crippen molar-refractivity contribution in [1.29, 1.82) is 0 Å². The molecule has 1 fully saturated rings. The molecule has 0 saturated carbocycles. The number of piperidine rings is 1. The maximum atomic E-state index is 12.1. The average Bonchev–Trinajstić information content (AvgIpc) is 2.67. The first-order valence-corrected chi connectivity index (χ1v) is 9.44. The highest BCUT2D eigenvalue weighted by molar-refractivity contribution is 6.27. The number of carboxylic acid groups (broad SMARTS) is 2. The summed E-state index contributed by atoms with van der Waals surface area (Å²) in [6, 6.07) is 7.77. The van der Waals surface area contributed by atoms with Crippen LogP contribution in [0.25, 0.3) is 0 Å². The molecule has 1 atom stereocenters. The zero-order valence-corrected chi connectivity index (χ0v) is 16.7. The normalized spacial score (nSPS) is 16.1. The van der Waals surface area contributed by atoms with Crippen LogP contribution in [0.1, 0.15) is 31.7 Å². The van der Waals surface area contributed by atoms with E-state index in [1.54, 1.807) is 0 Å². The Morgan fingerprint density at radius 3 is 2.48 bits per heavy atom. The van der Waals surface area contributed by atoms with E-state index in [9.17, 15) is 9.59 Å². The molecule has 1 aromatic carbocycles. The highest BCUT2D eigenvalue weighted by Crippen LogP contribution is 2.18. The molecular weight excluding hydrogens is 380 g/mol. The number of rotatable bonds is 6. The molecule has 9 heteroatoms. The van der Waals surface area contributed by atoms with Gasteiger partial charge in [-0.15, -0.1) is 0 Å². The van der Waals surface area contributed by atoms with E-state index in [1.807, 2.05) is 38.1 Å². The van der Waals surface area contributed by atoms with Crippen molar-refractivity contribution in [3.8, 4) is 0 Å². The van der Waals surface area contributed by atoms with E-state index in [0.29, 0.717) is 26.1 Å². The molecule has 9 nitrogen and oxygen atoms in total. The Morgan fingerprint density at radius 1 is 1.21 bits per heavy atom. The molecule has 0 aliphatic carbocycles. The van der Waals surface area contributed by atoms with Gasteiger partial charge in [0.25, 0.3) is 0 Å². The van der Waals surface area contributed by atoms with Gasteiger partial charge in [-0.1, -0.05) is 12.1 Å². The molecule has 1 amide bonds. The summed E-state index contributed by atoms with van der Waals surface area (Å²) in [5, 5.41) is 17.7. The highest BCUT2D eigenvalue weighted by Gasteiger charge is 2.26. The van der Waals surface area contributed by atoms with Crippen molar-refractivity contribution in [3.63, 3.8) is 0 Å². The summed E-state index contributed by atoms with van der Waals surface area (Å²) in [5.74, 6) is -3.80. The van der Waals surface area contributed by atoms with Crippen LogP contribution in [0.4, 0.5) is 5.69 Å². The molecule has 0 aromatic heterocycles. The van der Waals surface area contributed by atoms with Gasteiger partial charge < -0.3 is 25.2 Å². The van der Waals surface area contributed by atoms with Crippen LogP contribution >= 0.6 is 0 Å². The lowest BCUT2D eigenvalue weighted by atomic mass is 9.98. The maximum Gasteiger partial charge on any atom is 0.414 e. The number of carbonyl (C=O) groups is 4. The molecule has 29 heavy (non-hydrogen) atoms. The van der Waals surface area contributed by atoms with E-state index in [2.05, 4.69) is 10.2 Å². The van der Waals surface area contributed by atoms with E-state index >= 15 is 0 Å². The van der Waals surface area contributed by atoms with Gasteiger partial charge in [0, 0.05) is 25.2 Å². The van der Waals surface area contributed by atoms with Crippen molar-refractivity contribution in [2.45, 2.75) is 33.1 Å². The summed E-state index contributed by atoms with van der Waals surface area (Å²) < 4.78 is 5.10. The Hall–Kier alpha value is -2.94. The topological polar surface area (TPSA) is 133 Å². The first kappa shape index (κ1) is 24.1. The minimum atomic E-state index is -1.82. The van der Waals surface area contributed by atoms with Crippen molar-refractivity contribution in [3.05, 3.63) is 29.8 Å². The summed E-state index contributed by atoms with van der Waals surface area (Å²) in [7, 11) is 0. The SMILES string of the molecule is CCOC(=O)C1CCCN(CCC(=O)Nc2cccc(C)c2)C1.O=C(O)C(=O)O. The van der Waals surface area contributed by atoms with Crippen LogP contribution in [-0.2, 0) is 23.9 Å².